The fourth-order valence-electron chi connectivity index (χ4n) is 9.89. The first-order valence-electron chi connectivity index (χ1n) is 18.3. The van der Waals surface area contributed by atoms with Crippen molar-refractivity contribution in [3.63, 3.8) is 0 Å². The van der Waals surface area contributed by atoms with Gasteiger partial charge in [0.15, 0.2) is 0 Å². The van der Waals surface area contributed by atoms with Gasteiger partial charge in [-0.1, -0.05) is 0 Å². The van der Waals surface area contributed by atoms with E-state index in [-0.39, 0.29) is 24.8 Å². The fraction of sp³-hybridized carbons (Fsp3) is 0.143. The van der Waals surface area contributed by atoms with Crippen LogP contribution in [0.5, 0.6) is 0 Å². The van der Waals surface area contributed by atoms with Gasteiger partial charge in [-0.15, -0.1) is 24.8 Å². The minimum atomic E-state index is -3.35. The van der Waals surface area contributed by atoms with Crippen LogP contribution >= 0.6 is 24.8 Å². The molecule has 2 aliphatic carbocycles. The average Bonchev–Trinajstić information content (AvgIpc) is 3.67. The summed E-state index contributed by atoms with van der Waals surface area (Å²) in [7, 11) is 0. The van der Waals surface area contributed by atoms with Gasteiger partial charge in [-0.3, -0.25) is 0 Å². The van der Waals surface area contributed by atoms with Crippen LogP contribution in [0.25, 0.3) is 56.0 Å². The Kier molecular flexibility index (Phi) is 10.5. The Morgan fingerprint density at radius 1 is 0.472 bits per heavy atom. The SMILES string of the molecule is CC1=Cc2c(ccc(C)c2-c2cccc3ccccc23)[CH]1[Zr](=[SiH2])([CH2]c1ccccc1)[CH]1C(C)=Cc2c1ccc(C)c2-c1cccc2ccccc12.Cl.Cl. The molecule has 0 heterocycles. The molecule has 0 radical (unpaired) electrons. The Balaban J connectivity index is 0.00000218. The van der Waals surface area contributed by atoms with Crippen molar-refractivity contribution in [3.05, 3.63) is 190 Å². The minimum absolute atomic E-state index is 0. The summed E-state index contributed by atoms with van der Waals surface area (Å²) in [6.45, 7) is 12.0. The van der Waals surface area contributed by atoms with Crippen LogP contribution in [0, 0.1) is 13.8 Å². The first-order chi connectivity index (χ1) is 24.8. The van der Waals surface area contributed by atoms with Gasteiger partial charge in [0.25, 0.3) is 0 Å². The van der Waals surface area contributed by atoms with Crippen molar-refractivity contribution in [3.8, 4) is 22.3 Å². The minimum Gasteiger partial charge on any atom is -0.147 e. The van der Waals surface area contributed by atoms with E-state index in [1.54, 1.807) is 22.3 Å². The number of halogens is 2. The van der Waals surface area contributed by atoms with Crippen molar-refractivity contribution in [1.82, 2.24) is 0 Å². The van der Waals surface area contributed by atoms with Gasteiger partial charge in [0.2, 0.25) is 0 Å². The molecule has 9 rings (SSSR count). The average molecular weight is 824 g/mol. The summed E-state index contributed by atoms with van der Waals surface area (Å²) in [6.07, 6.45) is 5.17. The van der Waals surface area contributed by atoms with Crippen LogP contribution in [0.2, 0.25) is 0 Å². The van der Waals surface area contributed by atoms with E-state index in [1.807, 2.05) is 0 Å². The second kappa shape index (κ2) is 14.8. The molecule has 0 aliphatic heterocycles. The molecule has 0 aromatic heterocycles. The van der Waals surface area contributed by atoms with Gasteiger partial charge < -0.3 is 0 Å². The van der Waals surface area contributed by atoms with Crippen LogP contribution in [0.1, 0.15) is 60.0 Å². The number of allylic oxidation sites excluding steroid dienone is 2. The van der Waals surface area contributed by atoms with Crippen LogP contribution in [-0.4, -0.2) is 6.88 Å². The number of rotatable bonds is 6. The number of hydrogen-bond acceptors (Lipinski definition) is 0. The molecule has 0 spiro atoms. The van der Waals surface area contributed by atoms with E-state index in [0.29, 0.717) is 7.25 Å². The first-order valence-corrected chi connectivity index (χ1v) is 28.8. The van der Waals surface area contributed by atoms with E-state index in [0.717, 1.165) is 0 Å². The molecule has 0 amide bonds. The summed E-state index contributed by atoms with van der Waals surface area (Å²) >= 11 is -3.35. The molecule has 0 fully saturated rings. The van der Waals surface area contributed by atoms with Crippen LogP contribution in [0.4, 0.5) is 0 Å². The maximum Gasteiger partial charge on any atom is -0.147 e. The van der Waals surface area contributed by atoms with Gasteiger partial charge in [-0.2, -0.15) is 0 Å². The zero-order valence-electron chi connectivity index (χ0n) is 30.8. The number of benzene rings is 7. The van der Waals surface area contributed by atoms with E-state index >= 15 is 0 Å². The molecule has 0 saturated heterocycles. The predicted octanol–water partition coefficient (Wildman–Crippen LogP) is 13.3. The molecule has 0 saturated carbocycles. The predicted molar refractivity (Wildman–Crippen MR) is 234 cm³/mol. The van der Waals surface area contributed by atoms with Gasteiger partial charge >= 0.3 is 310 Å². The van der Waals surface area contributed by atoms with Crippen LogP contribution in [0.3, 0.4) is 0 Å². The largest absolute Gasteiger partial charge is 0.147 e. The summed E-state index contributed by atoms with van der Waals surface area (Å²) < 4.78 is 2.15. The first kappa shape index (κ1) is 37.5. The molecule has 2 aliphatic rings. The van der Waals surface area contributed by atoms with Gasteiger partial charge in [-0.05, 0) is 0 Å². The maximum atomic E-state index is 2.58. The van der Waals surface area contributed by atoms with Crippen molar-refractivity contribution < 1.29 is 18.9 Å². The van der Waals surface area contributed by atoms with Gasteiger partial charge in [0, 0.05) is 0 Å². The third-order valence-electron chi connectivity index (χ3n) is 11.9. The molecular weight excluding hydrogens is 779 g/mol. The molecule has 7 aromatic rings. The molecule has 0 nitrogen and oxygen atoms in total. The van der Waals surface area contributed by atoms with E-state index in [2.05, 4.69) is 186 Å². The van der Waals surface area contributed by atoms with Crippen molar-refractivity contribution in [2.45, 2.75) is 39.1 Å². The molecule has 0 N–H and O–H groups in total. The molecule has 263 valence electrons. The standard InChI is InChI=1S/2C21H17.C7H7.2ClH.H2Si.Zr/c2*1-14-12-17-11-10-15(2)21(20(17)13-14)19-9-5-7-16-6-3-4-8-18(16)19;1-7-5-3-2-4-6-7;;;;/h2*3-13H,1-2H3;2-6H,1H2;2*1H;1H2;. The van der Waals surface area contributed by atoms with Crippen LogP contribution < -0.4 is 0 Å². The Morgan fingerprint density at radius 3 is 1.36 bits per heavy atom. The summed E-state index contributed by atoms with van der Waals surface area (Å²) in [5.74, 6) is 0. The van der Waals surface area contributed by atoms with Crippen molar-refractivity contribution in [1.29, 1.82) is 0 Å². The summed E-state index contributed by atoms with van der Waals surface area (Å²) in [5, 5.41) is 5.28. The third-order valence-corrected chi connectivity index (χ3v) is 30.2. The topological polar surface area (TPSA) is 0 Å². The normalized spacial score (nSPS) is 16.9. The van der Waals surface area contributed by atoms with Gasteiger partial charge in [0.05, 0.1) is 0 Å². The zero-order valence-corrected chi connectivity index (χ0v) is 36.3. The Bertz CT molecular complexity index is 2480. The molecule has 53 heavy (non-hydrogen) atoms. The van der Waals surface area contributed by atoms with Crippen LogP contribution in [-0.2, 0) is 23.0 Å². The molecule has 2 unspecified atom stereocenters. The van der Waals surface area contributed by atoms with Crippen molar-refractivity contribution in [2.24, 2.45) is 0 Å². The summed E-state index contributed by atoms with van der Waals surface area (Å²) in [6, 6.07) is 52.7. The number of hydrogen-bond donors (Lipinski definition) is 0. The second-order valence-corrected chi connectivity index (χ2v) is 32.7. The van der Waals surface area contributed by atoms with Crippen LogP contribution in [0.15, 0.2) is 151 Å². The zero-order chi connectivity index (χ0) is 34.9. The molecule has 7 aromatic carbocycles. The number of aryl methyl sites for hydroxylation is 2. The van der Waals surface area contributed by atoms with E-state index < -0.39 is 18.9 Å². The Morgan fingerprint density at radius 2 is 0.887 bits per heavy atom. The van der Waals surface area contributed by atoms with E-state index in [9.17, 15) is 0 Å². The fourth-order valence-corrected chi connectivity index (χ4v) is 31.4. The molecular formula is C49H45Cl2SiZr. The smallest absolute Gasteiger partial charge is 0.147 e. The van der Waals surface area contributed by atoms with E-state index in [1.165, 1.54) is 75.7 Å². The molecule has 2 atom stereocenters. The summed E-state index contributed by atoms with van der Waals surface area (Å²) in [4.78, 5) is 0. The van der Waals surface area contributed by atoms with Gasteiger partial charge in [-0.25, -0.2) is 0 Å². The van der Waals surface area contributed by atoms with Crippen molar-refractivity contribution >= 4 is 65.4 Å². The monoisotopic (exact) mass is 821 g/mol. The van der Waals surface area contributed by atoms with E-state index in [4.69, 9.17) is 0 Å². The maximum absolute atomic E-state index is 3.35. The third kappa shape index (κ3) is 6.17. The Hall–Kier alpha value is -3.78. The number of fused-ring (bicyclic) bond motifs is 4. The van der Waals surface area contributed by atoms with Gasteiger partial charge in [0.1, 0.15) is 0 Å². The summed E-state index contributed by atoms with van der Waals surface area (Å²) in [5.41, 5.74) is 18.9. The molecule has 4 heteroatoms. The van der Waals surface area contributed by atoms with Crippen molar-refractivity contribution in [2.75, 3.05) is 0 Å². The quantitative estimate of drug-likeness (QED) is 0.147. The molecule has 0 bridgehead atoms. The second-order valence-electron chi connectivity index (χ2n) is 15.1. The Labute approximate surface area is 332 Å².